The molecule has 0 aliphatic heterocycles. The molecule has 0 radical (unpaired) electrons. The lowest BCUT2D eigenvalue weighted by molar-refractivity contribution is -0.138. The van der Waals surface area contributed by atoms with Crippen molar-refractivity contribution in [3.05, 3.63) is 99.2 Å². The molecular weight excluding hydrogens is 700 g/mol. The van der Waals surface area contributed by atoms with E-state index in [0.717, 1.165) is 10.6 Å². The zero-order valence-electron chi connectivity index (χ0n) is 28.1. The molecule has 5 atom stereocenters. The van der Waals surface area contributed by atoms with Gasteiger partial charge in [-0.25, -0.2) is 9.18 Å². The van der Waals surface area contributed by atoms with Crippen LogP contribution < -0.4 is 16.4 Å². The van der Waals surface area contributed by atoms with Gasteiger partial charge in [0.1, 0.15) is 29.5 Å². The molecule has 1 aliphatic carbocycles. The lowest BCUT2D eigenvalue weighted by Crippen LogP contribution is -2.66. The van der Waals surface area contributed by atoms with E-state index in [1.165, 1.54) is 24.3 Å². The van der Waals surface area contributed by atoms with Crippen LogP contribution in [0.4, 0.5) is 9.18 Å². The van der Waals surface area contributed by atoms with Gasteiger partial charge in [0.2, 0.25) is 17.7 Å². The minimum Gasteiger partial charge on any atom is -0.508 e. The van der Waals surface area contributed by atoms with E-state index in [1.54, 1.807) is 49.4 Å². The maximum atomic E-state index is 16.0. The Morgan fingerprint density at radius 3 is 2.39 bits per heavy atom. The average molecular weight is 741 g/mol. The second kappa shape index (κ2) is 15.6. The molecule has 5 rings (SSSR count). The fourth-order valence-corrected chi connectivity index (χ4v) is 7.18. The fourth-order valence-electron chi connectivity index (χ4n) is 6.64. The zero-order chi connectivity index (χ0) is 37.0. The molecule has 3 aromatic carbocycles. The van der Waals surface area contributed by atoms with E-state index in [4.69, 9.17) is 28.9 Å². The van der Waals surface area contributed by atoms with Gasteiger partial charge >= 0.3 is 6.09 Å². The number of nitrogens with two attached hydrogens (primary N) is 1. The van der Waals surface area contributed by atoms with E-state index in [2.05, 4.69) is 15.6 Å². The highest BCUT2D eigenvalue weighted by Gasteiger charge is 2.47. The molecule has 0 bridgehead atoms. The van der Waals surface area contributed by atoms with Crippen LogP contribution in [0.25, 0.3) is 10.9 Å². The molecule has 1 heterocycles. The van der Waals surface area contributed by atoms with Gasteiger partial charge in [-0.3, -0.25) is 19.3 Å². The van der Waals surface area contributed by atoms with Gasteiger partial charge in [-0.1, -0.05) is 85.9 Å². The van der Waals surface area contributed by atoms with Gasteiger partial charge in [-0.05, 0) is 59.7 Å². The minimum absolute atomic E-state index is 0.0389. The molecule has 11 nitrogen and oxygen atoms in total. The summed E-state index contributed by atoms with van der Waals surface area (Å²) in [5.41, 5.74) is 6.67. The van der Waals surface area contributed by atoms with E-state index < -0.39 is 54.0 Å². The van der Waals surface area contributed by atoms with Crippen molar-refractivity contribution in [2.45, 2.75) is 76.3 Å². The second-order valence-electron chi connectivity index (χ2n) is 13.1. The number of alkyl halides is 1. The minimum atomic E-state index is -1.83. The molecule has 270 valence electrons. The number of aryl methyl sites for hydroxylation is 1. The third-order valence-electron chi connectivity index (χ3n) is 9.71. The molecule has 51 heavy (non-hydrogen) atoms. The van der Waals surface area contributed by atoms with E-state index in [1.807, 2.05) is 6.92 Å². The van der Waals surface area contributed by atoms with Crippen LogP contribution in [-0.4, -0.2) is 61.5 Å². The number of phenols is 1. The predicted molar refractivity (Wildman–Crippen MR) is 192 cm³/mol. The van der Waals surface area contributed by atoms with Crippen LogP contribution in [0.3, 0.4) is 0 Å². The van der Waals surface area contributed by atoms with Crippen molar-refractivity contribution in [2.75, 3.05) is 0 Å². The number of benzene rings is 3. The summed E-state index contributed by atoms with van der Waals surface area (Å²) in [4.78, 5) is 58.5. The average Bonchev–Trinajstić information content (AvgIpc) is 3.46. The zero-order valence-corrected chi connectivity index (χ0v) is 29.6. The van der Waals surface area contributed by atoms with Crippen molar-refractivity contribution in [1.82, 2.24) is 20.5 Å². The number of nitrogens with zero attached hydrogens (tertiary/aromatic N) is 1. The molecule has 0 spiro atoms. The Morgan fingerprint density at radius 1 is 1.08 bits per heavy atom. The van der Waals surface area contributed by atoms with Crippen LogP contribution in [0.2, 0.25) is 10.0 Å². The molecule has 1 aromatic heterocycles. The van der Waals surface area contributed by atoms with Gasteiger partial charge in [0.15, 0.2) is 0 Å². The number of hydrogen-bond donors (Lipinski definition) is 6. The standard InChI is InChI=1S/C37H40Cl2FN5O6/c1-3-20(2)31(33(41)47)43-35(49)37(14-13-29-26(18-37)25-15-23(38)16-27(39)32(25)42-29)44-34(48)30(17-28(40)22-9-11-24(46)12-10-22)45(36(50)51)19-21-7-5-4-6-8-21/h4-12,15-16,20,28,30-31,42,46H,3,13-14,17-19H2,1-2H3,(H2,41,47)(H,43,49)(H,44,48)(H,50,51)/t20-,28?,30?,31-,37+/m0/s1. The lowest BCUT2D eigenvalue weighted by atomic mass is 9.78. The van der Waals surface area contributed by atoms with Gasteiger partial charge in [-0.15, -0.1) is 0 Å². The van der Waals surface area contributed by atoms with Gasteiger partial charge in [0.05, 0.1) is 10.5 Å². The van der Waals surface area contributed by atoms with E-state index in [0.29, 0.717) is 38.5 Å². The van der Waals surface area contributed by atoms with E-state index in [9.17, 15) is 29.4 Å². The van der Waals surface area contributed by atoms with Gasteiger partial charge in [0.25, 0.3) is 0 Å². The van der Waals surface area contributed by atoms with Crippen LogP contribution in [0.15, 0.2) is 66.7 Å². The predicted octanol–water partition coefficient (Wildman–Crippen LogP) is 6.19. The number of carbonyl (C=O) groups is 4. The van der Waals surface area contributed by atoms with E-state index in [-0.39, 0.29) is 43.0 Å². The highest BCUT2D eigenvalue weighted by Crippen LogP contribution is 2.39. The normalized spacial score (nSPS) is 17.8. The van der Waals surface area contributed by atoms with Crippen molar-refractivity contribution in [1.29, 1.82) is 0 Å². The Balaban J connectivity index is 1.58. The molecule has 4 amide bonds. The number of nitrogens with one attached hydrogen (secondary N) is 3. The van der Waals surface area contributed by atoms with E-state index >= 15 is 4.39 Å². The monoisotopic (exact) mass is 739 g/mol. The Morgan fingerprint density at radius 2 is 1.76 bits per heavy atom. The summed E-state index contributed by atoms with van der Waals surface area (Å²) in [7, 11) is 0. The number of carbonyl (C=O) groups excluding carboxylic acids is 3. The number of aromatic hydroxyl groups is 1. The largest absolute Gasteiger partial charge is 0.508 e. The third kappa shape index (κ3) is 8.23. The maximum absolute atomic E-state index is 16.0. The van der Waals surface area contributed by atoms with Crippen molar-refractivity contribution in [3.63, 3.8) is 0 Å². The van der Waals surface area contributed by atoms with Gasteiger partial charge in [0, 0.05) is 35.5 Å². The van der Waals surface area contributed by atoms with Crippen LogP contribution in [0.5, 0.6) is 5.75 Å². The van der Waals surface area contributed by atoms with Crippen molar-refractivity contribution < 1.29 is 33.8 Å². The Labute approximate surface area is 304 Å². The van der Waals surface area contributed by atoms with Crippen molar-refractivity contribution in [2.24, 2.45) is 11.7 Å². The molecule has 0 fully saturated rings. The lowest BCUT2D eigenvalue weighted by Gasteiger charge is -2.40. The summed E-state index contributed by atoms with van der Waals surface area (Å²) < 4.78 is 16.0. The second-order valence-corrected chi connectivity index (χ2v) is 13.9. The van der Waals surface area contributed by atoms with Gasteiger partial charge < -0.3 is 31.6 Å². The molecule has 7 N–H and O–H groups in total. The fraction of sp³-hybridized carbons (Fsp3) is 0.351. The number of H-pyrrole nitrogens is 1. The first-order valence-electron chi connectivity index (χ1n) is 16.6. The first kappa shape index (κ1) is 37.4. The van der Waals surface area contributed by atoms with Crippen molar-refractivity contribution >= 4 is 57.9 Å². The van der Waals surface area contributed by atoms with Crippen molar-refractivity contribution in [3.8, 4) is 5.75 Å². The number of rotatable bonds is 13. The molecule has 14 heteroatoms. The summed E-state index contributed by atoms with van der Waals surface area (Å²) in [5, 5.41) is 27.1. The number of amides is 4. The SMILES string of the molecule is CC[C@H](C)[C@H](NC(=O)[C@@]1(NC(=O)C(CC(F)c2ccc(O)cc2)N(Cc2ccccc2)C(=O)O)CCc2[nH]c3c(Cl)cc(Cl)cc3c2C1)C(N)=O. The summed E-state index contributed by atoms with van der Waals surface area (Å²) in [6.45, 7) is 3.35. The van der Waals surface area contributed by atoms with Crippen LogP contribution >= 0.6 is 23.2 Å². The highest BCUT2D eigenvalue weighted by molar-refractivity contribution is 6.38. The first-order valence-corrected chi connectivity index (χ1v) is 17.4. The Hall–Kier alpha value is -4.81. The first-order chi connectivity index (χ1) is 24.2. The Bertz CT molecular complexity index is 1920. The Kier molecular flexibility index (Phi) is 11.5. The number of phenolic OH excluding ortho intramolecular Hbond substituents is 1. The number of aromatic nitrogens is 1. The maximum Gasteiger partial charge on any atom is 0.408 e. The topological polar surface area (TPSA) is 178 Å². The molecule has 0 saturated heterocycles. The molecule has 2 unspecified atom stereocenters. The quantitative estimate of drug-likeness (QED) is 0.0952. The summed E-state index contributed by atoms with van der Waals surface area (Å²) in [5.74, 6) is -2.81. The number of carboxylic acid groups (broad SMARTS) is 1. The number of primary amides is 1. The third-order valence-corrected chi connectivity index (χ3v) is 10.2. The van der Waals surface area contributed by atoms with Crippen LogP contribution in [-0.2, 0) is 33.8 Å². The highest BCUT2D eigenvalue weighted by atomic mass is 35.5. The summed E-state index contributed by atoms with van der Waals surface area (Å²) in [6, 6.07) is 14.4. The molecule has 0 saturated carbocycles. The van der Waals surface area contributed by atoms with Crippen LogP contribution in [0.1, 0.15) is 61.7 Å². The number of aromatic amines is 1. The van der Waals surface area contributed by atoms with Crippen LogP contribution in [0, 0.1) is 5.92 Å². The molecular formula is C37H40Cl2FN5O6. The smallest absolute Gasteiger partial charge is 0.408 e. The number of fused-ring (bicyclic) bond motifs is 3. The number of halogens is 3. The molecule has 4 aromatic rings. The summed E-state index contributed by atoms with van der Waals surface area (Å²) in [6.07, 6.45) is -3.19. The van der Waals surface area contributed by atoms with Gasteiger partial charge in [-0.2, -0.15) is 0 Å². The summed E-state index contributed by atoms with van der Waals surface area (Å²) >= 11 is 12.9. The molecule has 1 aliphatic rings. The number of hydrogen-bond acceptors (Lipinski definition) is 5.